The van der Waals surface area contributed by atoms with E-state index in [0.29, 0.717) is 23.7 Å². The maximum absolute atomic E-state index is 13.6. The van der Waals surface area contributed by atoms with Crippen LogP contribution in [0.3, 0.4) is 0 Å². The fourth-order valence-electron chi connectivity index (χ4n) is 3.68. The first-order valence-corrected chi connectivity index (χ1v) is 12.4. The number of carbonyl (C=O) groups is 1. The smallest absolute Gasteiger partial charge is 0.264 e. The van der Waals surface area contributed by atoms with Crippen molar-refractivity contribution in [2.75, 3.05) is 22.8 Å². The second-order valence-corrected chi connectivity index (χ2v) is 9.69. The van der Waals surface area contributed by atoms with Crippen LogP contribution >= 0.6 is 0 Å². The highest BCUT2D eigenvalue weighted by Crippen LogP contribution is 2.27. The molecule has 0 heterocycles. The van der Waals surface area contributed by atoms with Crippen LogP contribution in [0, 0.1) is 6.92 Å². The highest BCUT2D eigenvalue weighted by atomic mass is 32.2. The predicted octanol–water partition coefficient (Wildman–Crippen LogP) is 5.38. The van der Waals surface area contributed by atoms with E-state index in [4.69, 9.17) is 4.74 Å². The molecule has 0 saturated carbocycles. The molecule has 0 bridgehead atoms. The number of anilines is 2. The Morgan fingerprint density at radius 3 is 2.26 bits per heavy atom. The van der Waals surface area contributed by atoms with Crippen molar-refractivity contribution >= 4 is 38.1 Å². The number of hydrogen-bond acceptors (Lipinski definition) is 4. The van der Waals surface area contributed by atoms with Gasteiger partial charge in [-0.15, -0.1) is 0 Å². The lowest BCUT2D eigenvalue weighted by Crippen LogP contribution is -2.38. The predicted molar refractivity (Wildman–Crippen MR) is 136 cm³/mol. The third-order valence-electron chi connectivity index (χ3n) is 5.40. The van der Waals surface area contributed by atoms with Crippen LogP contribution in [0.4, 0.5) is 11.4 Å². The average Bonchev–Trinajstić information content (AvgIpc) is 2.84. The summed E-state index contributed by atoms with van der Waals surface area (Å²) < 4.78 is 33.7. The second kappa shape index (κ2) is 9.97. The molecule has 0 radical (unpaired) electrons. The van der Waals surface area contributed by atoms with E-state index in [0.717, 1.165) is 20.6 Å². The molecule has 0 aliphatic heterocycles. The van der Waals surface area contributed by atoms with Gasteiger partial charge in [-0.3, -0.25) is 9.10 Å². The summed E-state index contributed by atoms with van der Waals surface area (Å²) in [5.41, 5.74) is 1.94. The number of amides is 1. The first kappa shape index (κ1) is 23.3. The van der Waals surface area contributed by atoms with E-state index in [1.54, 1.807) is 54.6 Å². The Bertz CT molecular complexity index is 1390. The quantitative estimate of drug-likeness (QED) is 0.372. The van der Waals surface area contributed by atoms with Crippen molar-refractivity contribution in [3.8, 4) is 5.75 Å². The third-order valence-corrected chi connectivity index (χ3v) is 7.18. The fraction of sp³-hybridized carbons (Fsp3) is 0.148. The van der Waals surface area contributed by atoms with Crippen molar-refractivity contribution in [3.05, 3.63) is 96.6 Å². The Hall–Kier alpha value is -3.84. The fourth-order valence-corrected chi connectivity index (χ4v) is 5.10. The maximum atomic E-state index is 13.6. The molecule has 34 heavy (non-hydrogen) atoms. The van der Waals surface area contributed by atoms with Crippen LogP contribution in [0.25, 0.3) is 10.8 Å². The molecule has 0 fully saturated rings. The van der Waals surface area contributed by atoms with Gasteiger partial charge in [0.2, 0.25) is 5.91 Å². The van der Waals surface area contributed by atoms with E-state index in [1.165, 1.54) is 0 Å². The number of nitrogens with zero attached hydrogens (tertiary/aromatic N) is 1. The SMILES string of the molecule is CCOc1ccc(N(CC(=O)Nc2cccc3ccccc23)S(=O)(=O)c2ccc(C)cc2)cc1. The number of benzene rings is 4. The number of carbonyl (C=O) groups excluding carboxylic acids is 1. The molecule has 4 aromatic rings. The Morgan fingerprint density at radius 1 is 0.882 bits per heavy atom. The molecule has 6 nitrogen and oxygen atoms in total. The number of ether oxygens (including phenoxy) is 1. The molecule has 1 amide bonds. The first-order chi connectivity index (χ1) is 16.4. The molecule has 0 unspecified atom stereocenters. The summed E-state index contributed by atoms with van der Waals surface area (Å²) in [5.74, 6) is 0.181. The third kappa shape index (κ3) is 5.05. The molecule has 4 aromatic carbocycles. The van der Waals surface area contributed by atoms with Gasteiger partial charge in [0.15, 0.2) is 0 Å². The second-order valence-electron chi connectivity index (χ2n) is 7.83. The topological polar surface area (TPSA) is 75.7 Å². The summed E-state index contributed by atoms with van der Waals surface area (Å²) >= 11 is 0. The molecule has 0 aromatic heterocycles. The molecule has 0 spiro atoms. The molecule has 1 N–H and O–H groups in total. The van der Waals surface area contributed by atoms with Crippen molar-refractivity contribution in [1.82, 2.24) is 0 Å². The van der Waals surface area contributed by atoms with Crippen LogP contribution in [-0.4, -0.2) is 27.5 Å². The summed E-state index contributed by atoms with van der Waals surface area (Å²) in [7, 11) is -3.99. The van der Waals surface area contributed by atoms with Gasteiger partial charge in [-0.1, -0.05) is 54.1 Å². The van der Waals surface area contributed by atoms with Crippen molar-refractivity contribution in [2.24, 2.45) is 0 Å². The molecule has 0 saturated heterocycles. The van der Waals surface area contributed by atoms with Crippen molar-refractivity contribution in [1.29, 1.82) is 0 Å². The number of rotatable bonds is 8. The average molecular weight is 475 g/mol. The molecular weight excluding hydrogens is 448 g/mol. The van der Waals surface area contributed by atoms with Gasteiger partial charge in [0.25, 0.3) is 10.0 Å². The Labute approximate surface area is 199 Å². The van der Waals surface area contributed by atoms with Gasteiger partial charge in [0.05, 0.1) is 17.2 Å². The molecular formula is C27H26N2O4S. The summed E-state index contributed by atoms with van der Waals surface area (Å²) in [4.78, 5) is 13.2. The van der Waals surface area contributed by atoms with Crippen LogP contribution < -0.4 is 14.4 Å². The zero-order chi connectivity index (χ0) is 24.1. The van der Waals surface area contributed by atoms with E-state index >= 15 is 0 Å². The lowest BCUT2D eigenvalue weighted by molar-refractivity contribution is -0.114. The molecule has 174 valence electrons. The summed E-state index contributed by atoms with van der Waals surface area (Å²) in [6, 6.07) is 26.5. The standard InChI is InChI=1S/C27H26N2O4S/c1-3-33-23-15-13-22(14-16-23)29(34(31,32)24-17-11-20(2)12-18-24)19-27(30)28-26-10-6-8-21-7-4-5-9-25(21)26/h4-18H,3,19H2,1-2H3,(H,28,30). The molecule has 0 atom stereocenters. The van der Waals surface area contributed by atoms with Gasteiger partial charge < -0.3 is 10.1 Å². The zero-order valence-electron chi connectivity index (χ0n) is 19.1. The zero-order valence-corrected chi connectivity index (χ0v) is 19.9. The monoisotopic (exact) mass is 474 g/mol. The van der Waals surface area contributed by atoms with Gasteiger partial charge in [-0.25, -0.2) is 8.42 Å². The van der Waals surface area contributed by atoms with Crippen LogP contribution in [0.5, 0.6) is 5.75 Å². The lowest BCUT2D eigenvalue weighted by atomic mass is 10.1. The van der Waals surface area contributed by atoms with Crippen LogP contribution in [0.15, 0.2) is 95.9 Å². The van der Waals surface area contributed by atoms with Crippen molar-refractivity contribution in [2.45, 2.75) is 18.7 Å². The minimum Gasteiger partial charge on any atom is -0.494 e. The van der Waals surface area contributed by atoms with E-state index in [-0.39, 0.29) is 11.4 Å². The Kier molecular flexibility index (Phi) is 6.84. The van der Waals surface area contributed by atoms with Gasteiger partial charge in [-0.05, 0) is 61.7 Å². The number of hydrogen-bond donors (Lipinski definition) is 1. The molecule has 0 aliphatic carbocycles. The number of nitrogens with one attached hydrogen (secondary N) is 1. The van der Waals surface area contributed by atoms with Gasteiger partial charge in [0, 0.05) is 11.1 Å². The van der Waals surface area contributed by atoms with Crippen LogP contribution in [0.2, 0.25) is 0 Å². The first-order valence-electron chi connectivity index (χ1n) is 11.0. The highest BCUT2D eigenvalue weighted by Gasteiger charge is 2.27. The molecule has 4 rings (SSSR count). The van der Waals surface area contributed by atoms with E-state index in [9.17, 15) is 13.2 Å². The number of sulfonamides is 1. The Morgan fingerprint density at radius 2 is 1.56 bits per heavy atom. The van der Waals surface area contributed by atoms with Crippen molar-refractivity contribution in [3.63, 3.8) is 0 Å². The Balaban J connectivity index is 1.67. The largest absolute Gasteiger partial charge is 0.494 e. The minimum atomic E-state index is -3.99. The maximum Gasteiger partial charge on any atom is 0.264 e. The lowest BCUT2D eigenvalue weighted by Gasteiger charge is -2.24. The number of fused-ring (bicyclic) bond motifs is 1. The normalized spacial score (nSPS) is 11.2. The highest BCUT2D eigenvalue weighted by molar-refractivity contribution is 7.92. The van der Waals surface area contributed by atoms with E-state index < -0.39 is 15.9 Å². The van der Waals surface area contributed by atoms with Gasteiger partial charge >= 0.3 is 0 Å². The molecule has 7 heteroatoms. The number of aryl methyl sites for hydroxylation is 1. The molecule has 0 aliphatic rings. The summed E-state index contributed by atoms with van der Waals surface area (Å²) in [5, 5.41) is 4.74. The van der Waals surface area contributed by atoms with Gasteiger partial charge in [0.1, 0.15) is 12.3 Å². The summed E-state index contributed by atoms with van der Waals surface area (Å²) in [6.07, 6.45) is 0. The van der Waals surface area contributed by atoms with E-state index in [2.05, 4.69) is 5.32 Å². The van der Waals surface area contributed by atoms with Crippen LogP contribution in [-0.2, 0) is 14.8 Å². The minimum absolute atomic E-state index is 0.116. The van der Waals surface area contributed by atoms with Gasteiger partial charge in [-0.2, -0.15) is 0 Å². The van der Waals surface area contributed by atoms with Crippen molar-refractivity contribution < 1.29 is 17.9 Å². The van der Waals surface area contributed by atoms with E-state index in [1.807, 2.05) is 50.2 Å². The van der Waals surface area contributed by atoms with Crippen LogP contribution in [0.1, 0.15) is 12.5 Å². The summed E-state index contributed by atoms with van der Waals surface area (Å²) in [6.45, 7) is 3.88.